The molecule has 1 N–H and O–H groups in total. The number of carbonyl (C=O) groups is 2. The molecular weight excluding hydrogens is 596 g/mol. The number of esters is 2. The van der Waals surface area contributed by atoms with Gasteiger partial charge in [0.2, 0.25) is 0 Å². The van der Waals surface area contributed by atoms with Gasteiger partial charge < -0.3 is 14.6 Å². The predicted octanol–water partition coefficient (Wildman–Crippen LogP) is 12.2. The standard InChI is InChI=1S/C43H72O5/c1-3-5-7-9-11-13-15-17-19-21-23-25-27-29-31-33-35-37-42(45)47-40-41(39-44)48-43(46)38-36-34-32-30-28-26-24-22-20-18-16-14-12-10-8-6-4-2/h5-8,11-14,17-20,41,44H,3-4,9-10,15-16,21-40H2,1-2H3/b7-5-,8-6-,13-11-,14-12-,19-17-,20-18-. The molecule has 0 saturated heterocycles. The van der Waals surface area contributed by atoms with Gasteiger partial charge in [-0.3, -0.25) is 9.59 Å². The predicted molar refractivity (Wildman–Crippen MR) is 205 cm³/mol. The van der Waals surface area contributed by atoms with Gasteiger partial charge in [0.1, 0.15) is 6.61 Å². The second-order valence-electron chi connectivity index (χ2n) is 12.6. The Morgan fingerprint density at radius 1 is 0.479 bits per heavy atom. The van der Waals surface area contributed by atoms with Crippen LogP contribution in [-0.2, 0) is 19.1 Å². The topological polar surface area (TPSA) is 72.8 Å². The number of hydrogen-bond acceptors (Lipinski definition) is 5. The fourth-order valence-corrected chi connectivity index (χ4v) is 5.11. The molecule has 0 aliphatic carbocycles. The number of allylic oxidation sites excluding steroid dienone is 12. The molecule has 0 spiro atoms. The van der Waals surface area contributed by atoms with E-state index >= 15 is 0 Å². The molecule has 0 aliphatic rings. The first-order valence-electron chi connectivity index (χ1n) is 19.5. The molecule has 0 aromatic heterocycles. The molecule has 0 rings (SSSR count). The van der Waals surface area contributed by atoms with Crippen molar-refractivity contribution in [3.63, 3.8) is 0 Å². The summed E-state index contributed by atoms with van der Waals surface area (Å²) in [7, 11) is 0. The second-order valence-corrected chi connectivity index (χ2v) is 12.6. The zero-order valence-electron chi connectivity index (χ0n) is 31.0. The molecule has 274 valence electrons. The Labute approximate surface area is 295 Å². The smallest absolute Gasteiger partial charge is 0.306 e. The van der Waals surface area contributed by atoms with Crippen LogP contribution in [0, 0.1) is 0 Å². The van der Waals surface area contributed by atoms with Crippen molar-refractivity contribution in [1.29, 1.82) is 0 Å². The third-order valence-electron chi connectivity index (χ3n) is 8.00. The minimum atomic E-state index is -0.784. The molecule has 0 bridgehead atoms. The zero-order valence-corrected chi connectivity index (χ0v) is 31.0. The lowest BCUT2D eigenvalue weighted by molar-refractivity contribution is -0.161. The van der Waals surface area contributed by atoms with Crippen molar-refractivity contribution < 1.29 is 24.2 Å². The Kier molecular flexibility index (Phi) is 36.6. The Hall–Kier alpha value is -2.66. The van der Waals surface area contributed by atoms with Gasteiger partial charge in [-0.1, -0.05) is 151 Å². The third-order valence-corrected chi connectivity index (χ3v) is 8.00. The first-order chi connectivity index (χ1) is 23.6. The second kappa shape index (κ2) is 38.8. The highest BCUT2D eigenvalue weighted by atomic mass is 16.6. The van der Waals surface area contributed by atoms with Crippen LogP contribution in [0.2, 0.25) is 0 Å². The van der Waals surface area contributed by atoms with E-state index in [-0.39, 0.29) is 25.2 Å². The van der Waals surface area contributed by atoms with Crippen LogP contribution in [0.1, 0.15) is 168 Å². The molecule has 0 aliphatic heterocycles. The highest BCUT2D eigenvalue weighted by Gasteiger charge is 2.16. The van der Waals surface area contributed by atoms with Crippen molar-refractivity contribution in [2.24, 2.45) is 0 Å². The first kappa shape index (κ1) is 45.3. The van der Waals surface area contributed by atoms with Crippen LogP contribution in [0.15, 0.2) is 72.9 Å². The van der Waals surface area contributed by atoms with Crippen LogP contribution in [-0.4, -0.2) is 36.4 Å². The summed E-state index contributed by atoms with van der Waals surface area (Å²) in [6, 6.07) is 0. The van der Waals surface area contributed by atoms with E-state index in [0.717, 1.165) is 89.9 Å². The molecule has 0 saturated carbocycles. The van der Waals surface area contributed by atoms with Crippen molar-refractivity contribution in [3.8, 4) is 0 Å². The maximum atomic E-state index is 12.2. The summed E-state index contributed by atoms with van der Waals surface area (Å²) < 4.78 is 10.6. The van der Waals surface area contributed by atoms with E-state index in [9.17, 15) is 14.7 Å². The van der Waals surface area contributed by atoms with Gasteiger partial charge in [0.25, 0.3) is 0 Å². The molecule has 48 heavy (non-hydrogen) atoms. The van der Waals surface area contributed by atoms with Crippen molar-refractivity contribution in [2.75, 3.05) is 13.2 Å². The molecule has 5 nitrogen and oxygen atoms in total. The summed E-state index contributed by atoms with van der Waals surface area (Å²) in [5.41, 5.74) is 0. The van der Waals surface area contributed by atoms with Gasteiger partial charge in [-0.2, -0.15) is 0 Å². The molecule has 0 amide bonds. The molecule has 0 aromatic carbocycles. The summed E-state index contributed by atoms with van der Waals surface area (Å²) >= 11 is 0. The maximum absolute atomic E-state index is 12.2. The minimum Gasteiger partial charge on any atom is -0.462 e. The summed E-state index contributed by atoms with van der Waals surface area (Å²) in [6.07, 6.45) is 51.0. The Bertz CT molecular complexity index is 895. The third kappa shape index (κ3) is 36.2. The van der Waals surface area contributed by atoms with E-state index in [1.54, 1.807) is 0 Å². The van der Waals surface area contributed by atoms with E-state index < -0.39 is 6.10 Å². The van der Waals surface area contributed by atoms with Crippen molar-refractivity contribution >= 4 is 11.9 Å². The quantitative estimate of drug-likeness (QED) is 0.0420. The fraction of sp³-hybridized carbons (Fsp3) is 0.674. The average Bonchev–Trinajstić information content (AvgIpc) is 3.09. The molecule has 0 heterocycles. The van der Waals surface area contributed by atoms with Crippen LogP contribution >= 0.6 is 0 Å². The Morgan fingerprint density at radius 2 is 0.833 bits per heavy atom. The normalized spacial score (nSPS) is 13.0. The van der Waals surface area contributed by atoms with E-state index in [2.05, 4.69) is 86.8 Å². The lowest BCUT2D eigenvalue weighted by atomic mass is 10.1. The summed E-state index contributed by atoms with van der Waals surface area (Å²) in [5, 5.41) is 9.55. The largest absolute Gasteiger partial charge is 0.462 e. The fourth-order valence-electron chi connectivity index (χ4n) is 5.11. The molecule has 1 unspecified atom stereocenters. The lowest BCUT2D eigenvalue weighted by Gasteiger charge is -2.15. The van der Waals surface area contributed by atoms with Gasteiger partial charge in [-0.15, -0.1) is 0 Å². The van der Waals surface area contributed by atoms with E-state index in [1.165, 1.54) is 51.4 Å². The zero-order chi connectivity index (χ0) is 35.0. The average molecular weight is 669 g/mol. The van der Waals surface area contributed by atoms with Crippen molar-refractivity contribution in [2.45, 2.75) is 174 Å². The first-order valence-corrected chi connectivity index (χ1v) is 19.5. The monoisotopic (exact) mass is 669 g/mol. The summed E-state index contributed by atoms with van der Waals surface area (Å²) in [6.45, 7) is 3.89. The van der Waals surface area contributed by atoms with Crippen LogP contribution in [0.4, 0.5) is 0 Å². The van der Waals surface area contributed by atoms with Crippen LogP contribution < -0.4 is 0 Å². The van der Waals surface area contributed by atoms with Gasteiger partial charge in [0.15, 0.2) is 6.10 Å². The van der Waals surface area contributed by atoms with Crippen LogP contribution in [0.25, 0.3) is 0 Å². The molecule has 0 radical (unpaired) electrons. The van der Waals surface area contributed by atoms with Crippen molar-refractivity contribution in [1.82, 2.24) is 0 Å². The van der Waals surface area contributed by atoms with Crippen LogP contribution in [0.3, 0.4) is 0 Å². The maximum Gasteiger partial charge on any atom is 0.306 e. The van der Waals surface area contributed by atoms with Crippen molar-refractivity contribution in [3.05, 3.63) is 72.9 Å². The van der Waals surface area contributed by atoms with Gasteiger partial charge >= 0.3 is 11.9 Å². The van der Waals surface area contributed by atoms with Gasteiger partial charge in [0, 0.05) is 12.8 Å². The molecule has 0 aromatic rings. The Balaban J connectivity index is 3.61. The van der Waals surface area contributed by atoms with Crippen LogP contribution in [0.5, 0.6) is 0 Å². The molecular formula is C43H72O5. The SMILES string of the molecule is CC/C=C\C/C=C\C/C=C\CCCCCCCCCC(=O)OCC(CO)OC(=O)CCCCCCCCC/C=C\C/C=C\C/C=C\CC. The Morgan fingerprint density at radius 3 is 1.25 bits per heavy atom. The number of carbonyl (C=O) groups excluding carboxylic acids is 2. The number of unbranched alkanes of at least 4 members (excludes halogenated alkanes) is 14. The van der Waals surface area contributed by atoms with E-state index in [0.29, 0.717) is 12.8 Å². The highest BCUT2D eigenvalue weighted by Crippen LogP contribution is 2.13. The number of ether oxygens (including phenoxy) is 2. The summed E-state index contributed by atoms with van der Waals surface area (Å²) in [4.78, 5) is 24.3. The van der Waals surface area contributed by atoms with Gasteiger partial charge in [-0.25, -0.2) is 0 Å². The number of hydrogen-bond donors (Lipinski definition) is 1. The van der Waals surface area contributed by atoms with Gasteiger partial charge in [0.05, 0.1) is 6.61 Å². The number of aliphatic hydroxyl groups is 1. The van der Waals surface area contributed by atoms with Gasteiger partial charge in [-0.05, 0) is 77.0 Å². The molecule has 5 heteroatoms. The highest BCUT2D eigenvalue weighted by molar-refractivity contribution is 5.70. The molecule has 0 fully saturated rings. The summed E-state index contributed by atoms with van der Waals surface area (Å²) in [5.74, 6) is -0.619. The number of rotatable bonds is 34. The lowest BCUT2D eigenvalue weighted by Crippen LogP contribution is -2.28. The molecule has 1 atom stereocenters. The van der Waals surface area contributed by atoms with E-state index in [1.807, 2.05) is 0 Å². The number of aliphatic hydroxyl groups excluding tert-OH is 1. The van der Waals surface area contributed by atoms with E-state index in [4.69, 9.17) is 9.47 Å². The minimum absolute atomic E-state index is 0.0787.